The second kappa shape index (κ2) is 3.59. The summed E-state index contributed by atoms with van der Waals surface area (Å²) in [6, 6.07) is 1.39. The van der Waals surface area contributed by atoms with E-state index < -0.39 is 12.0 Å². The van der Waals surface area contributed by atoms with E-state index >= 15 is 0 Å². The maximum Gasteiger partial charge on any atom is 0.263 e. The van der Waals surface area contributed by atoms with Crippen LogP contribution in [-0.4, -0.2) is 29.5 Å². The van der Waals surface area contributed by atoms with E-state index in [1.165, 1.54) is 0 Å². The topological polar surface area (TPSA) is 27.0 Å². The largest absolute Gasteiger partial charge is 0.279 e. The van der Waals surface area contributed by atoms with E-state index in [1.54, 1.807) is 4.90 Å². The second-order valence-corrected chi connectivity index (χ2v) is 3.63. The summed E-state index contributed by atoms with van der Waals surface area (Å²) in [5.74, 6) is -2.68. The van der Waals surface area contributed by atoms with Gasteiger partial charge in [0.25, 0.3) is 5.92 Å². The minimum absolute atomic E-state index is 0.0676. The quantitative estimate of drug-likeness (QED) is 0.662. The van der Waals surface area contributed by atoms with Crippen LogP contribution in [0, 0.1) is 11.3 Å². The molecule has 1 aliphatic rings. The van der Waals surface area contributed by atoms with Crippen LogP contribution in [0.15, 0.2) is 0 Å². The van der Waals surface area contributed by atoms with Crippen molar-refractivity contribution in [3.05, 3.63) is 0 Å². The lowest BCUT2D eigenvalue weighted by molar-refractivity contribution is 0.00827. The molecule has 0 aromatic heterocycles. The van der Waals surface area contributed by atoms with Gasteiger partial charge in [-0.3, -0.25) is 4.90 Å². The Morgan fingerprint density at radius 3 is 2.77 bits per heavy atom. The van der Waals surface area contributed by atoms with Gasteiger partial charge in [0.2, 0.25) is 0 Å². The first kappa shape index (κ1) is 10.4. The molecule has 0 aromatic rings. The number of halogens is 2. The highest BCUT2D eigenvalue weighted by atomic mass is 19.3. The zero-order valence-electron chi connectivity index (χ0n) is 7.93. The standard InChI is InChI=1S/C9H14F2N2/c1-3-7(2)13-6-9(10,11)4-8(13)5-12/h7-8H,3-4,6H2,1-2H3/t7?,8-/m1/s1. The highest BCUT2D eigenvalue weighted by molar-refractivity contribution is 5.03. The molecule has 0 spiro atoms. The molecule has 1 unspecified atom stereocenters. The van der Waals surface area contributed by atoms with Crippen LogP contribution in [0.2, 0.25) is 0 Å². The Hall–Kier alpha value is -0.690. The summed E-state index contributed by atoms with van der Waals surface area (Å²) >= 11 is 0. The van der Waals surface area contributed by atoms with Gasteiger partial charge in [-0.2, -0.15) is 5.26 Å². The molecule has 0 bridgehead atoms. The number of nitriles is 1. The molecule has 0 N–H and O–H groups in total. The fourth-order valence-electron chi connectivity index (χ4n) is 1.66. The number of alkyl halides is 2. The molecule has 0 saturated carbocycles. The summed E-state index contributed by atoms with van der Waals surface area (Å²) in [5, 5.41) is 8.69. The number of hydrogen-bond acceptors (Lipinski definition) is 2. The highest BCUT2D eigenvalue weighted by Crippen LogP contribution is 2.33. The Morgan fingerprint density at radius 1 is 1.69 bits per heavy atom. The van der Waals surface area contributed by atoms with Gasteiger partial charge in [0.15, 0.2) is 0 Å². The van der Waals surface area contributed by atoms with E-state index in [0.29, 0.717) is 0 Å². The summed E-state index contributed by atoms with van der Waals surface area (Å²) in [6.07, 6.45) is 0.488. The summed E-state index contributed by atoms with van der Waals surface area (Å²) in [5.41, 5.74) is 0. The molecule has 1 heterocycles. The van der Waals surface area contributed by atoms with Gasteiger partial charge >= 0.3 is 0 Å². The molecule has 4 heteroatoms. The zero-order valence-corrected chi connectivity index (χ0v) is 7.93. The molecule has 0 radical (unpaired) electrons. The van der Waals surface area contributed by atoms with Crippen molar-refractivity contribution in [2.75, 3.05) is 6.54 Å². The first-order valence-corrected chi connectivity index (χ1v) is 4.53. The van der Waals surface area contributed by atoms with Crippen LogP contribution >= 0.6 is 0 Å². The van der Waals surface area contributed by atoms with Gasteiger partial charge in [-0.25, -0.2) is 8.78 Å². The van der Waals surface area contributed by atoms with E-state index in [4.69, 9.17) is 5.26 Å². The van der Waals surface area contributed by atoms with Crippen LogP contribution in [0.25, 0.3) is 0 Å². The molecule has 1 aliphatic heterocycles. The van der Waals surface area contributed by atoms with Gasteiger partial charge in [-0.1, -0.05) is 6.92 Å². The van der Waals surface area contributed by atoms with Gasteiger partial charge in [-0.05, 0) is 13.3 Å². The molecule has 1 fully saturated rings. The summed E-state index contributed by atoms with van der Waals surface area (Å²) < 4.78 is 25.9. The number of nitrogens with zero attached hydrogens (tertiary/aromatic N) is 2. The Labute approximate surface area is 77.1 Å². The third-order valence-electron chi connectivity index (χ3n) is 2.61. The van der Waals surface area contributed by atoms with Gasteiger partial charge in [0.1, 0.15) is 6.04 Å². The first-order valence-electron chi connectivity index (χ1n) is 4.53. The van der Waals surface area contributed by atoms with Crippen molar-refractivity contribution < 1.29 is 8.78 Å². The molecule has 1 rings (SSSR count). The predicted molar refractivity (Wildman–Crippen MR) is 45.4 cm³/mol. The summed E-state index contributed by atoms with van der Waals surface area (Å²) in [4.78, 5) is 1.60. The van der Waals surface area contributed by atoms with Crippen molar-refractivity contribution in [2.24, 2.45) is 0 Å². The Bertz CT molecular complexity index is 222. The third-order valence-corrected chi connectivity index (χ3v) is 2.61. The van der Waals surface area contributed by atoms with Crippen molar-refractivity contribution in [2.45, 2.75) is 44.7 Å². The average molecular weight is 188 g/mol. The SMILES string of the molecule is CCC(C)N1CC(F)(F)C[C@@H]1C#N. The van der Waals surface area contributed by atoms with E-state index in [2.05, 4.69) is 0 Å². The van der Waals surface area contributed by atoms with Crippen LogP contribution in [0.4, 0.5) is 8.78 Å². The zero-order chi connectivity index (χ0) is 10.1. The van der Waals surface area contributed by atoms with Crippen molar-refractivity contribution in [1.82, 2.24) is 4.90 Å². The van der Waals surface area contributed by atoms with Crippen LogP contribution in [-0.2, 0) is 0 Å². The molecule has 0 aromatic carbocycles. The van der Waals surface area contributed by atoms with Gasteiger partial charge in [0, 0.05) is 12.5 Å². The monoisotopic (exact) mass is 188 g/mol. The highest BCUT2D eigenvalue weighted by Gasteiger charge is 2.46. The van der Waals surface area contributed by atoms with Gasteiger partial charge in [0.05, 0.1) is 12.6 Å². The maximum absolute atomic E-state index is 12.9. The predicted octanol–water partition coefficient (Wildman–Crippen LogP) is 2.02. The Balaban J connectivity index is 2.70. The lowest BCUT2D eigenvalue weighted by Gasteiger charge is -2.25. The summed E-state index contributed by atoms with van der Waals surface area (Å²) in [7, 11) is 0. The lowest BCUT2D eigenvalue weighted by atomic mass is 10.2. The second-order valence-electron chi connectivity index (χ2n) is 3.63. The van der Waals surface area contributed by atoms with E-state index in [9.17, 15) is 8.78 Å². The minimum atomic E-state index is -2.68. The fraction of sp³-hybridized carbons (Fsp3) is 0.889. The van der Waals surface area contributed by atoms with Crippen molar-refractivity contribution in [1.29, 1.82) is 5.26 Å². The molecule has 1 saturated heterocycles. The minimum Gasteiger partial charge on any atom is -0.279 e. The summed E-state index contributed by atoms with van der Waals surface area (Å²) in [6.45, 7) is 3.56. The Kier molecular flexibility index (Phi) is 2.87. The smallest absolute Gasteiger partial charge is 0.263 e. The molecular weight excluding hydrogens is 174 g/mol. The van der Waals surface area contributed by atoms with E-state index in [1.807, 2.05) is 19.9 Å². The maximum atomic E-state index is 12.9. The van der Waals surface area contributed by atoms with Crippen molar-refractivity contribution in [3.8, 4) is 6.07 Å². The van der Waals surface area contributed by atoms with Crippen LogP contribution < -0.4 is 0 Å². The molecule has 0 amide bonds. The fourth-order valence-corrected chi connectivity index (χ4v) is 1.66. The number of likely N-dealkylation sites (tertiary alicyclic amines) is 1. The average Bonchev–Trinajstić information content (AvgIpc) is 2.39. The van der Waals surface area contributed by atoms with Crippen LogP contribution in [0.3, 0.4) is 0 Å². The molecule has 2 nitrogen and oxygen atoms in total. The van der Waals surface area contributed by atoms with Gasteiger partial charge < -0.3 is 0 Å². The normalized spacial score (nSPS) is 29.9. The molecule has 0 aliphatic carbocycles. The first-order chi connectivity index (χ1) is 6.00. The van der Waals surface area contributed by atoms with Crippen LogP contribution in [0.1, 0.15) is 26.7 Å². The Morgan fingerprint density at radius 2 is 2.31 bits per heavy atom. The molecular formula is C9H14F2N2. The molecule has 13 heavy (non-hydrogen) atoms. The molecule has 74 valence electrons. The van der Waals surface area contributed by atoms with Crippen molar-refractivity contribution in [3.63, 3.8) is 0 Å². The van der Waals surface area contributed by atoms with E-state index in [0.717, 1.165) is 6.42 Å². The lowest BCUT2D eigenvalue weighted by Crippen LogP contribution is -2.37. The third kappa shape index (κ3) is 2.16. The van der Waals surface area contributed by atoms with E-state index in [-0.39, 0.29) is 19.0 Å². The molecule has 2 atom stereocenters. The van der Waals surface area contributed by atoms with Crippen LogP contribution in [0.5, 0.6) is 0 Å². The van der Waals surface area contributed by atoms with Gasteiger partial charge in [-0.15, -0.1) is 0 Å². The number of hydrogen-bond donors (Lipinski definition) is 0. The number of rotatable bonds is 2. The van der Waals surface area contributed by atoms with Crippen molar-refractivity contribution >= 4 is 0 Å².